The molecule has 1 N–H and O–H groups in total. The SMILES string of the molecule is O=S(=O)(c1ccc2c(c1)c(O)c1n2CC2(C=N1)CCCC2)N1CCC[C@H]1CN1CCOCC1. The molecule has 3 fully saturated rings. The summed E-state index contributed by atoms with van der Waals surface area (Å²) in [5.41, 5.74) is 0.925. The van der Waals surface area contributed by atoms with Crippen LogP contribution in [0.4, 0.5) is 5.82 Å². The Labute approximate surface area is 194 Å². The molecular formula is C24H32N4O4S. The lowest BCUT2D eigenvalue weighted by Gasteiger charge is -2.32. The highest BCUT2D eigenvalue weighted by Crippen LogP contribution is 2.48. The molecule has 1 aromatic carbocycles. The molecule has 0 unspecified atom stereocenters. The molecule has 2 saturated heterocycles. The van der Waals surface area contributed by atoms with Gasteiger partial charge in [-0.3, -0.25) is 4.90 Å². The first-order valence-corrected chi connectivity index (χ1v) is 13.6. The Kier molecular flexibility index (Phi) is 5.28. The summed E-state index contributed by atoms with van der Waals surface area (Å²) in [4.78, 5) is 7.18. The summed E-state index contributed by atoms with van der Waals surface area (Å²) in [5, 5.41) is 11.5. The molecule has 1 aliphatic carbocycles. The van der Waals surface area contributed by atoms with Crippen molar-refractivity contribution in [3.63, 3.8) is 0 Å². The van der Waals surface area contributed by atoms with Gasteiger partial charge in [0.2, 0.25) is 10.0 Å². The van der Waals surface area contributed by atoms with E-state index in [1.165, 1.54) is 12.8 Å². The van der Waals surface area contributed by atoms with Crippen LogP contribution >= 0.6 is 0 Å². The second kappa shape index (κ2) is 8.08. The minimum Gasteiger partial charge on any atom is -0.504 e. The van der Waals surface area contributed by atoms with Crippen LogP contribution in [0, 0.1) is 5.41 Å². The Morgan fingerprint density at radius 2 is 1.91 bits per heavy atom. The maximum Gasteiger partial charge on any atom is 0.243 e. The van der Waals surface area contributed by atoms with Gasteiger partial charge in [-0.25, -0.2) is 13.4 Å². The number of aromatic hydroxyl groups is 1. The number of aliphatic imine (C=N–C) groups is 1. The number of aromatic nitrogens is 1. The molecule has 4 aliphatic rings. The molecule has 1 saturated carbocycles. The lowest BCUT2D eigenvalue weighted by Crippen LogP contribution is -2.46. The zero-order valence-electron chi connectivity index (χ0n) is 18.9. The highest BCUT2D eigenvalue weighted by atomic mass is 32.2. The third-order valence-electron chi connectivity index (χ3n) is 8.02. The van der Waals surface area contributed by atoms with Gasteiger partial charge in [0, 0.05) is 55.8 Å². The molecule has 3 aliphatic heterocycles. The molecule has 8 nitrogen and oxygen atoms in total. The molecule has 33 heavy (non-hydrogen) atoms. The quantitative estimate of drug-likeness (QED) is 0.739. The van der Waals surface area contributed by atoms with E-state index in [0.717, 1.165) is 57.4 Å². The predicted molar refractivity (Wildman–Crippen MR) is 127 cm³/mol. The second-order valence-electron chi connectivity index (χ2n) is 10.1. The summed E-state index contributed by atoms with van der Waals surface area (Å²) in [6.45, 7) is 5.19. The van der Waals surface area contributed by atoms with Gasteiger partial charge in [-0.2, -0.15) is 4.31 Å². The Bertz CT molecular complexity index is 1190. The summed E-state index contributed by atoms with van der Waals surface area (Å²) in [6, 6.07) is 5.18. The zero-order valence-corrected chi connectivity index (χ0v) is 19.8. The lowest BCUT2D eigenvalue weighted by molar-refractivity contribution is 0.0312. The largest absolute Gasteiger partial charge is 0.504 e. The Balaban J connectivity index is 1.31. The van der Waals surface area contributed by atoms with E-state index in [4.69, 9.17) is 4.74 Å². The van der Waals surface area contributed by atoms with Crippen molar-refractivity contribution in [2.24, 2.45) is 10.4 Å². The van der Waals surface area contributed by atoms with Crippen LogP contribution in [-0.2, 0) is 21.3 Å². The van der Waals surface area contributed by atoms with Gasteiger partial charge in [0.1, 0.15) is 0 Å². The topological polar surface area (TPSA) is 87.4 Å². The van der Waals surface area contributed by atoms with Crippen molar-refractivity contribution in [1.82, 2.24) is 13.8 Å². The van der Waals surface area contributed by atoms with Crippen LogP contribution in [-0.4, -0.2) is 78.9 Å². The molecule has 2 aromatic rings. The lowest BCUT2D eigenvalue weighted by atomic mass is 9.86. The van der Waals surface area contributed by atoms with Crippen LogP contribution in [0.15, 0.2) is 28.1 Å². The average molecular weight is 473 g/mol. The minimum atomic E-state index is -3.65. The number of hydrogen-bond acceptors (Lipinski definition) is 6. The second-order valence-corrected chi connectivity index (χ2v) is 12.0. The number of benzene rings is 1. The van der Waals surface area contributed by atoms with Gasteiger partial charge in [0.05, 0.1) is 23.6 Å². The fourth-order valence-corrected chi connectivity index (χ4v) is 7.91. The number of fused-ring (bicyclic) bond motifs is 3. The van der Waals surface area contributed by atoms with E-state index in [-0.39, 0.29) is 22.1 Å². The van der Waals surface area contributed by atoms with Gasteiger partial charge < -0.3 is 14.4 Å². The van der Waals surface area contributed by atoms with Gasteiger partial charge in [0.15, 0.2) is 11.6 Å². The van der Waals surface area contributed by atoms with E-state index in [9.17, 15) is 13.5 Å². The van der Waals surface area contributed by atoms with Crippen LogP contribution in [0.3, 0.4) is 0 Å². The first-order valence-electron chi connectivity index (χ1n) is 12.2. The van der Waals surface area contributed by atoms with Crippen molar-refractivity contribution >= 4 is 33.0 Å². The van der Waals surface area contributed by atoms with Crippen LogP contribution in [0.1, 0.15) is 38.5 Å². The predicted octanol–water partition coefficient (Wildman–Crippen LogP) is 3.11. The minimum absolute atomic E-state index is 0.0218. The smallest absolute Gasteiger partial charge is 0.243 e. The molecule has 0 bridgehead atoms. The zero-order chi connectivity index (χ0) is 22.6. The average Bonchev–Trinajstić information content (AvgIpc) is 3.54. The number of rotatable bonds is 4. The van der Waals surface area contributed by atoms with Crippen molar-refractivity contribution in [3.05, 3.63) is 18.2 Å². The molecule has 9 heteroatoms. The molecule has 0 radical (unpaired) electrons. The maximum atomic E-state index is 13.7. The van der Waals surface area contributed by atoms with Crippen molar-refractivity contribution in [3.8, 4) is 5.75 Å². The Morgan fingerprint density at radius 3 is 2.70 bits per heavy atom. The summed E-state index contributed by atoms with van der Waals surface area (Å²) in [5.74, 6) is 0.626. The molecular weight excluding hydrogens is 440 g/mol. The van der Waals surface area contributed by atoms with Crippen molar-refractivity contribution in [1.29, 1.82) is 0 Å². The first kappa shape index (κ1) is 21.6. The van der Waals surface area contributed by atoms with Crippen molar-refractivity contribution < 1.29 is 18.3 Å². The standard InChI is InChI=1S/C24H32N4O4S/c29-22-20-14-19(5-6-21(20)27-17-24(7-1-2-8-24)16-25-23(22)27)33(30,31)28-9-3-4-18(28)15-26-10-12-32-13-11-26/h5-6,14,16,18,29H,1-4,7-13,15,17H2/t18-/m0/s1. The highest BCUT2D eigenvalue weighted by Gasteiger charge is 2.39. The third-order valence-corrected chi connectivity index (χ3v) is 9.96. The van der Waals surface area contributed by atoms with E-state index in [1.807, 2.05) is 12.3 Å². The molecule has 1 atom stereocenters. The van der Waals surface area contributed by atoms with Crippen LogP contribution in [0.5, 0.6) is 5.75 Å². The van der Waals surface area contributed by atoms with Gasteiger partial charge in [0.25, 0.3) is 0 Å². The monoisotopic (exact) mass is 472 g/mol. The summed E-state index contributed by atoms with van der Waals surface area (Å²) < 4.78 is 36.5. The first-order chi connectivity index (χ1) is 16.0. The molecule has 178 valence electrons. The summed E-state index contributed by atoms with van der Waals surface area (Å²) >= 11 is 0. The van der Waals surface area contributed by atoms with Crippen LogP contribution in [0.25, 0.3) is 10.9 Å². The Hall–Kier alpha value is -1.94. The van der Waals surface area contributed by atoms with E-state index in [0.29, 0.717) is 31.0 Å². The number of morpholine rings is 1. The van der Waals surface area contributed by atoms with Gasteiger partial charge in [-0.15, -0.1) is 0 Å². The molecule has 0 amide bonds. The van der Waals surface area contributed by atoms with Gasteiger partial charge in [-0.1, -0.05) is 12.8 Å². The molecule has 1 aromatic heterocycles. The van der Waals surface area contributed by atoms with E-state index in [1.54, 1.807) is 16.4 Å². The normalized spacial score (nSPS) is 25.9. The van der Waals surface area contributed by atoms with Gasteiger partial charge >= 0.3 is 0 Å². The highest BCUT2D eigenvalue weighted by molar-refractivity contribution is 7.89. The molecule has 1 spiro atoms. The third kappa shape index (κ3) is 3.60. The van der Waals surface area contributed by atoms with Crippen LogP contribution in [0.2, 0.25) is 0 Å². The summed E-state index contributed by atoms with van der Waals surface area (Å²) in [6.07, 6.45) is 8.41. The number of sulfonamides is 1. The number of ether oxygens (including phenoxy) is 1. The molecule has 4 heterocycles. The maximum absolute atomic E-state index is 13.7. The van der Waals surface area contributed by atoms with Crippen molar-refractivity contribution in [2.45, 2.75) is 56.0 Å². The Morgan fingerprint density at radius 1 is 1.12 bits per heavy atom. The summed E-state index contributed by atoms with van der Waals surface area (Å²) in [7, 11) is -3.65. The van der Waals surface area contributed by atoms with Crippen LogP contribution < -0.4 is 0 Å². The fraction of sp³-hybridized carbons (Fsp3) is 0.625. The number of nitrogens with zero attached hydrogens (tertiary/aromatic N) is 4. The van der Waals surface area contributed by atoms with Gasteiger partial charge in [-0.05, 0) is 43.9 Å². The molecule has 6 rings (SSSR count). The van der Waals surface area contributed by atoms with E-state index < -0.39 is 10.0 Å². The fourth-order valence-electron chi connectivity index (χ4n) is 6.20. The van der Waals surface area contributed by atoms with E-state index >= 15 is 0 Å². The number of hydrogen-bond donors (Lipinski definition) is 1. The van der Waals surface area contributed by atoms with Crippen molar-refractivity contribution in [2.75, 3.05) is 39.4 Å². The van der Waals surface area contributed by atoms with E-state index in [2.05, 4.69) is 14.5 Å².